The maximum atomic E-state index is 14.3. The summed E-state index contributed by atoms with van der Waals surface area (Å²) in [6.07, 6.45) is 1.93. The molecule has 118 valence electrons. The van der Waals surface area contributed by atoms with Gasteiger partial charge >= 0.3 is 0 Å². The quantitative estimate of drug-likeness (QED) is 0.557. The number of ketones is 1. The molecule has 0 saturated carbocycles. The monoisotopic (exact) mass is 334 g/mol. The van der Waals surface area contributed by atoms with E-state index < -0.39 is 5.82 Å². The lowest BCUT2D eigenvalue weighted by Gasteiger charge is -2.13. The van der Waals surface area contributed by atoms with Gasteiger partial charge < -0.3 is 0 Å². The molecule has 1 aliphatic rings. The molecule has 3 heteroatoms. The summed E-state index contributed by atoms with van der Waals surface area (Å²) in [6.45, 7) is 2.02. The zero-order chi connectivity index (χ0) is 16.7. The van der Waals surface area contributed by atoms with E-state index >= 15 is 0 Å². The Morgan fingerprint density at radius 1 is 1.04 bits per heavy atom. The van der Waals surface area contributed by atoms with Crippen LogP contribution in [-0.4, -0.2) is 5.78 Å². The number of Topliss-reactive ketones (excluding diaryl/α,β-unsaturated/α-hetero) is 1. The summed E-state index contributed by atoms with van der Waals surface area (Å²) in [6, 6.07) is 16.8. The Morgan fingerprint density at radius 3 is 2.54 bits per heavy atom. The topological polar surface area (TPSA) is 17.1 Å². The predicted molar refractivity (Wildman–Crippen MR) is 96.0 cm³/mol. The van der Waals surface area contributed by atoms with Crippen molar-refractivity contribution in [1.82, 2.24) is 0 Å². The number of carbonyl (C=O) groups excluding carboxylic acids is 1. The van der Waals surface area contributed by atoms with E-state index in [0.29, 0.717) is 5.57 Å². The van der Waals surface area contributed by atoms with E-state index in [-0.39, 0.29) is 17.3 Å². The minimum atomic E-state index is -0.440. The van der Waals surface area contributed by atoms with Gasteiger partial charge in [0.2, 0.25) is 0 Å². The van der Waals surface area contributed by atoms with Gasteiger partial charge in [-0.3, -0.25) is 4.79 Å². The number of hydrogen-bond donors (Lipinski definition) is 0. The fourth-order valence-electron chi connectivity index (χ4n) is 3.29. The van der Waals surface area contributed by atoms with Gasteiger partial charge in [-0.2, -0.15) is 0 Å². The molecule has 0 aliphatic heterocycles. The van der Waals surface area contributed by atoms with Gasteiger partial charge in [-0.25, -0.2) is 4.39 Å². The van der Waals surface area contributed by atoms with Crippen LogP contribution in [0.3, 0.4) is 0 Å². The van der Waals surface area contributed by atoms with Crippen LogP contribution >= 0.6 is 11.3 Å². The lowest BCUT2D eigenvalue weighted by atomic mass is 9.89. The first kappa shape index (κ1) is 15.0. The molecule has 24 heavy (non-hydrogen) atoms. The van der Waals surface area contributed by atoms with Gasteiger partial charge in [0.1, 0.15) is 5.82 Å². The van der Waals surface area contributed by atoms with Crippen molar-refractivity contribution in [3.8, 4) is 0 Å². The molecule has 0 fully saturated rings. The number of thiophene rings is 1. The van der Waals surface area contributed by atoms with Crippen LogP contribution in [0.15, 0.2) is 65.6 Å². The van der Waals surface area contributed by atoms with Crippen molar-refractivity contribution in [2.45, 2.75) is 12.8 Å². The Labute approximate surface area is 144 Å². The fourth-order valence-corrected chi connectivity index (χ4v) is 4.16. The molecule has 4 rings (SSSR count). The van der Waals surface area contributed by atoms with E-state index in [1.165, 1.54) is 6.07 Å². The highest BCUT2D eigenvalue weighted by molar-refractivity contribution is 7.11. The van der Waals surface area contributed by atoms with Crippen molar-refractivity contribution in [2.75, 3.05) is 0 Å². The van der Waals surface area contributed by atoms with Crippen LogP contribution in [0.4, 0.5) is 4.39 Å². The zero-order valence-electron chi connectivity index (χ0n) is 13.1. The summed E-state index contributed by atoms with van der Waals surface area (Å²) >= 11 is 1.60. The Balaban J connectivity index is 1.96. The third kappa shape index (κ3) is 2.33. The second-order valence-corrected chi connectivity index (χ2v) is 6.89. The molecule has 0 radical (unpaired) electrons. The van der Waals surface area contributed by atoms with Crippen molar-refractivity contribution in [3.05, 3.63) is 98.5 Å². The number of hydrogen-bond acceptors (Lipinski definition) is 2. The van der Waals surface area contributed by atoms with E-state index in [1.807, 2.05) is 60.8 Å². The minimum absolute atomic E-state index is 0.204. The molecule has 0 spiro atoms. The molecular weight excluding hydrogens is 319 g/mol. The van der Waals surface area contributed by atoms with Crippen LogP contribution in [0, 0.1) is 12.7 Å². The van der Waals surface area contributed by atoms with Crippen molar-refractivity contribution in [3.63, 3.8) is 0 Å². The van der Waals surface area contributed by atoms with E-state index in [2.05, 4.69) is 0 Å². The van der Waals surface area contributed by atoms with Crippen LogP contribution in [0.25, 0.3) is 6.08 Å². The van der Waals surface area contributed by atoms with Gasteiger partial charge in [0.05, 0.1) is 5.56 Å². The molecule has 1 aromatic heterocycles. The largest absolute Gasteiger partial charge is 0.289 e. The maximum absolute atomic E-state index is 14.3. The average molecular weight is 334 g/mol. The summed E-state index contributed by atoms with van der Waals surface area (Å²) in [5.74, 6) is -0.861. The van der Waals surface area contributed by atoms with E-state index in [9.17, 15) is 9.18 Å². The number of halogens is 1. The Hall–Kier alpha value is -2.52. The normalized spacial score (nSPS) is 18.2. The summed E-state index contributed by atoms with van der Waals surface area (Å²) in [5.41, 5.74) is 3.75. The molecule has 1 aliphatic carbocycles. The number of benzene rings is 2. The average Bonchev–Trinajstić information content (AvgIpc) is 3.12. The third-order valence-electron chi connectivity index (χ3n) is 4.48. The van der Waals surface area contributed by atoms with Crippen molar-refractivity contribution in [1.29, 1.82) is 0 Å². The lowest BCUT2D eigenvalue weighted by Crippen LogP contribution is -2.02. The molecule has 0 bridgehead atoms. The van der Waals surface area contributed by atoms with Crippen molar-refractivity contribution < 1.29 is 9.18 Å². The molecule has 0 saturated heterocycles. The van der Waals surface area contributed by atoms with Crippen LogP contribution in [0.5, 0.6) is 0 Å². The predicted octanol–water partition coefficient (Wildman–Crippen LogP) is 5.61. The second-order valence-electron chi connectivity index (χ2n) is 5.94. The van der Waals surface area contributed by atoms with Crippen LogP contribution in [0.1, 0.15) is 37.8 Å². The second kappa shape index (κ2) is 5.84. The lowest BCUT2D eigenvalue weighted by molar-refractivity contribution is 0.103. The number of aryl methyl sites for hydroxylation is 1. The molecule has 1 nitrogen and oxygen atoms in total. The number of allylic oxidation sites excluding steroid dienone is 1. The first-order chi connectivity index (χ1) is 11.7. The van der Waals surface area contributed by atoms with Crippen LogP contribution < -0.4 is 0 Å². The summed E-state index contributed by atoms with van der Waals surface area (Å²) in [7, 11) is 0. The molecule has 1 atom stereocenters. The van der Waals surface area contributed by atoms with Gasteiger partial charge in [-0.1, -0.05) is 42.5 Å². The maximum Gasteiger partial charge on any atom is 0.193 e. The van der Waals surface area contributed by atoms with Gasteiger partial charge in [0, 0.05) is 16.4 Å². The van der Waals surface area contributed by atoms with Crippen molar-refractivity contribution >= 4 is 23.2 Å². The highest BCUT2D eigenvalue weighted by Crippen LogP contribution is 2.44. The molecule has 0 amide bonds. The highest BCUT2D eigenvalue weighted by atomic mass is 32.1. The molecular formula is C21H15FOS. The smallest absolute Gasteiger partial charge is 0.193 e. The summed E-state index contributed by atoms with van der Waals surface area (Å²) in [4.78, 5) is 14.0. The third-order valence-corrected chi connectivity index (χ3v) is 5.44. The van der Waals surface area contributed by atoms with Crippen LogP contribution in [0.2, 0.25) is 0 Å². The van der Waals surface area contributed by atoms with Gasteiger partial charge in [0.15, 0.2) is 5.78 Å². The summed E-state index contributed by atoms with van der Waals surface area (Å²) < 4.78 is 14.3. The first-order valence-corrected chi connectivity index (χ1v) is 8.68. The van der Waals surface area contributed by atoms with E-state index in [4.69, 9.17) is 0 Å². The van der Waals surface area contributed by atoms with E-state index in [0.717, 1.165) is 21.6 Å². The Kier molecular flexibility index (Phi) is 3.66. The van der Waals surface area contributed by atoms with E-state index in [1.54, 1.807) is 17.4 Å². The van der Waals surface area contributed by atoms with Crippen LogP contribution in [-0.2, 0) is 0 Å². The fraction of sp³-hybridized carbons (Fsp3) is 0.0952. The standard InChI is InChI=1S/C21H15FOS/c1-13-10-11-24-18(13)12-16-19(14-6-3-2-4-7-14)15-8-5-9-17(22)20(15)21(16)23/h2-12,19H,1H3/b16-12-/t19-/m1/s1. The molecule has 3 aromatic rings. The molecule has 1 heterocycles. The zero-order valence-corrected chi connectivity index (χ0v) is 13.9. The Morgan fingerprint density at radius 2 is 1.83 bits per heavy atom. The molecule has 0 N–H and O–H groups in total. The number of carbonyl (C=O) groups is 1. The molecule has 2 aromatic carbocycles. The number of fused-ring (bicyclic) bond motifs is 1. The van der Waals surface area contributed by atoms with Gasteiger partial charge in [0.25, 0.3) is 0 Å². The summed E-state index contributed by atoms with van der Waals surface area (Å²) in [5, 5.41) is 2.01. The van der Waals surface area contributed by atoms with Gasteiger partial charge in [-0.05, 0) is 47.2 Å². The molecule has 0 unspecified atom stereocenters. The SMILES string of the molecule is Cc1ccsc1/C=C1\C(=O)c2c(F)cccc2[C@H]1c1ccccc1. The van der Waals surface area contributed by atoms with Gasteiger partial charge in [-0.15, -0.1) is 11.3 Å². The van der Waals surface area contributed by atoms with Crippen molar-refractivity contribution in [2.24, 2.45) is 0 Å². The minimum Gasteiger partial charge on any atom is -0.289 e. The Bertz CT molecular complexity index is 953. The first-order valence-electron chi connectivity index (χ1n) is 7.80. The highest BCUT2D eigenvalue weighted by Gasteiger charge is 2.37. The number of rotatable bonds is 2.